The zero-order chi connectivity index (χ0) is 14.9. The minimum atomic E-state index is 0.234. The lowest BCUT2D eigenvalue weighted by atomic mass is 9.77. The molecule has 112 valence electrons. The molecule has 1 aromatic carbocycles. The predicted octanol–water partition coefficient (Wildman–Crippen LogP) is 4.51. The molecule has 0 aliphatic heterocycles. The van der Waals surface area contributed by atoms with Gasteiger partial charge in [0.05, 0.1) is 10.7 Å². The van der Waals surface area contributed by atoms with Gasteiger partial charge in [0.25, 0.3) is 0 Å². The molecule has 0 amide bonds. The first-order valence-corrected chi connectivity index (χ1v) is 8.69. The summed E-state index contributed by atoms with van der Waals surface area (Å²) in [4.78, 5) is 4.78. The fraction of sp³-hybridized carbons (Fsp3) is 0.500. The molecule has 1 saturated carbocycles. The van der Waals surface area contributed by atoms with Gasteiger partial charge in [-0.2, -0.15) is 0 Å². The lowest BCUT2D eigenvalue weighted by Crippen LogP contribution is -2.38. The molecule has 1 heterocycles. The summed E-state index contributed by atoms with van der Waals surface area (Å²) in [5.74, 6) is 0.626. The molecule has 3 heteroatoms. The van der Waals surface area contributed by atoms with Crippen LogP contribution in [0.25, 0.3) is 11.3 Å². The van der Waals surface area contributed by atoms with Gasteiger partial charge in [0.2, 0.25) is 0 Å². The second-order valence-electron chi connectivity index (χ2n) is 6.85. The van der Waals surface area contributed by atoms with Gasteiger partial charge in [0.1, 0.15) is 0 Å². The average Bonchev–Trinajstić information content (AvgIpc) is 3.06. The minimum absolute atomic E-state index is 0.234. The van der Waals surface area contributed by atoms with Crippen LogP contribution in [0.3, 0.4) is 0 Å². The number of nitrogens with zero attached hydrogens (tertiary/aromatic N) is 1. The van der Waals surface area contributed by atoms with Crippen LogP contribution in [-0.2, 0) is 6.42 Å². The Morgan fingerprint density at radius 2 is 2.10 bits per heavy atom. The Balaban J connectivity index is 1.70. The summed E-state index contributed by atoms with van der Waals surface area (Å²) < 4.78 is 0. The average molecular weight is 300 g/mol. The second-order valence-corrected chi connectivity index (χ2v) is 7.79. The molecule has 21 heavy (non-hydrogen) atoms. The Morgan fingerprint density at radius 1 is 1.33 bits per heavy atom. The summed E-state index contributed by atoms with van der Waals surface area (Å²) in [6.45, 7) is 4.73. The maximum atomic E-state index is 6.50. The molecule has 0 spiro atoms. The van der Waals surface area contributed by atoms with Crippen LogP contribution >= 0.6 is 11.3 Å². The number of nitrogens with two attached hydrogens (primary N) is 1. The molecule has 0 bridgehead atoms. The highest BCUT2D eigenvalue weighted by molar-refractivity contribution is 7.09. The van der Waals surface area contributed by atoms with E-state index >= 15 is 0 Å². The summed E-state index contributed by atoms with van der Waals surface area (Å²) in [5, 5.41) is 3.32. The van der Waals surface area contributed by atoms with Crippen LogP contribution in [0.4, 0.5) is 0 Å². The Labute approximate surface area is 131 Å². The first-order valence-electron chi connectivity index (χ1n) is 7.82. The number of hydrogen-bond acceptors (Lipinski definition) is 3. The van der Waals surface area contributed by atoms with Gasteiger partial charge in [-0.1, -0.05) is 50.6 Å². The zero-order valence-electron chi connectivity index (χ0n) is 12.9. The van der Waals surface area contributed by atoms with E-state index in [4.69, 9.17) is 10.7 Å². The molecule has 2 N–H and O–H groups in total. The summed E-state index contributed by atoms with van der Waals surface area (Å²) in [6.07, 6.45) is 4.80. The van der Waals surface area contributed by atoms with Crippen LogP contribution in [0, 0.1) is 11.3 Å². The first-order chi connectivity index (χ1) is 10.1. The summed E-state index contributed by atoms with van der Waals surface area (Å²) in [6, 6.07) is 10.6. The van der Waals surface area contributed by atoms with E-state index in [9.17, 15) is 0 Å². The molecule has 1 aliphatic carbocycles. The molecular weight excluding hydrogens is 276 g/mol. The second kappa shape index (κ2) is 5.90. The molecule has 2 aromatic rings. The van der Waals surface area contributed by atoms with Crippen LogP contribution in [0.2, 0.25) is 0 Å². The highest BCUT2D eigenvalue weighted by Crippen LogP contribution is 2.44. The third-order valence-electron chi connectivity index (χ3n) is 4.89. The molecule has 1 fully saturated rings. The largest absolute Gasteiger partial charge is 0.327 e. The highest BCUT2D eigenvalue weighted by Gasteiger charge is 2.38. The predicted molar refractivity (Wildman–Crippen MR) is 90.4 cm³/mol. The van der Waals surface area contributed by atoms with E-state index < -0.39 is 0 Å². The molecule has 2 unspecified atom stereocenters. The van der Waals surface area contributed by atoms with Gasteiger partial charge in [-0.25, -0.2) is 4.98 Å². The van der Waals surface area contributed by atoms with Gasteiger partial charge in [-0.15, -0.1) is 11.3 Å². The standard InChI is InChI=1S/C18H24N2S/c1-18(2)10-6-9-14(18)15(19)11-17-20-16(12-21-17)13-7-4-3-5-8-13/h3-5,7-8,12,14-15H,6,9-11,19H2,1-2H3. The van der Waals surface area contributed by atoms with E-state index in [2.05, 4.69) is 43.5 Å². The summed E-state index contributed by atoms with van der Waals surface area (Å²) in [7, 11) is 0. The van der Waals surface area contributed by atoms with Crippen LogP contribution < -0.4 is 5.73 Å². The Hall–Kier alpha value is -1.19. The van der Waals surface area contributed by atoms with Gasteiger partial charge in [0.15, 0.2) is 0 Å². The maximum absolute atomic E-state index is 6.50. The van der Waals surface area contributed by atoms with Crippen molar-refractivity contribution in [3.63, 3.8) is 0 Å². The van der Waals surface area contributed by atoms with Crippen molar-refractivity contribution in [1.82, 2.24) is 4.98 Å². The molecule has 3 rings (SSSR count). The van der Waals surface area contributed by atoms with Crippen molar-refractivity contribution in [3.05, 3.63) is 40.7 Å². The highest BCUT2D eigenvalue weighted by atomic mass is 32.1. The quantitative estimate of drug-likeness (QED) is 0.902. The van der Waals surface area contributed by atoms with Gasteiger partial charge >= 0.3 is 0 Å². The number of rotatable bonds is 4. The van der Waals surface area contributed by atoms with E-state index in [1.165, 1.54) is 29.8 Å². The molecule has 2 atom stereocenters. The maximum Gasteiger partial charge on any atom is 0.0948 e. The molecule has 0 radical (unpaired) electrons. The Morgan fingerprint density at radius 3 is 2.76 bits per heavy atom. The molecule has 1 aromatic heterocycles. The smallest absolute Gasteiger partial charge is 0.0948 e. The lowest BCUT2D eigenvalue weighted by Gasteiger charge is -2.31. The fourth-order valence-corrected chi connectivity index (χ4v) is 4.51. The molecule has 2 nitrogen and oxygen atoms in total. The minimum Gasteiger partial charge on any atom is -0.327 e. The van der Waals surface area contributed by atoms with E-state index in [0.29, 0.717) is 11.3 Å². The zero-order valence-corrected chi connectivity index (χ0v) is 13.7. The van der Waals surface area contributed by atoms with E-state index in [1.54, 1.807) is 11.3 Å². The van der Waals surface area contributed by atoms with Crippen molar-refractivity contribution in [3.8, 4) is 11.3 Å². The molecule has 0 saturated heterocycles. The monoisotopic (exact) mass is 300 g/mol. The Bertz CT molecular complexity index is 588. The fourth-order valence-electron chi connectivity index (χ4n) is 3.64. The third kappa shape index (κ3) is 3.19. The van der Waals surface area contributed by atoms with Gasteiger partial charge < -0.3 is 5.73 Å². The SMILES string of the molecule is CC1(C)CCCC1C(N)Cc1nc(-c2ccccc2)cs1. The number of hydrogen-bond donors (Lipinski definition) is 1. The van der Waals surface area contributed by atoms with E-state index in [-0.39, 0.29) is 6.04 Å². The molecular formula is C18H24N2S. The van der Waals surface area contributed by atoms with Crippen molar-refractivity contribution in [2.75, 3.05) is 0 Å². The topological polar surface area (TPSA) is 38.9 Å². The number of benzene rings is 1. The van der Waals surface area contributed by atoms with E-state index in [0.717, 1.165) is 12.1 Å². The Kier molecular flexibility index (Phi) is 4.14. The van der Waals surface area contributed by atoms with Crippen molar-refractivity contribution in [1.29, 1.82) is 0 Å². The first kappa shape index (κ1) is 14.7. The van der Waals surface area contributed by atoms with Gasteiger partial charge in [-0.3, -0.25) is 0 Å². The van der Waals surface area contributed by atoms with Crippen molar-refractivity contribution in [2.24, 2.45) is 17.1 Å². The summed E-state index contributed by atoms with van der Waals surface area (Å²) >= 11 is 1.74. The summed E-state index contributed by atoms with van der Waals surface area (Å²) in [5.41, 5.74) is 9.16. The number of thiazole rings is 1. The van der Waals surface area contributed by atoms with Gasteiger partial charge in [0, 0.05) is 23.4 Å². The van der Waals surface area contributed by atoms with Crippen LogP contribution in [0.5, 0.6) is 0 Å². The van der Waals surface area contributed by atoms with E-state index in [1.807, 2.05) is 6.07 Å². The normalized spacial score (nSPS) is 22.3. The number of aromatic nitrogens is 1. The van der Waals surface area contributed by atoms with Crippen molar-refractivity contribution < 1.29 is 0 Å². The van der Waals surface area contributed by atoms with Crippen molar-refractivity contribution >= 4 is 11.3 Å². The van der Waals surface area contributed by atoms with Crippen molar-refractivity contribution in [2.45, 2.75) is 45.6 Å². The van der Waals surface area contributed by atoms with Crippen LogP contribution in [-0.4, -0.2) is 11.0 Å². The molecule has 1 aliphatic rings. The third-order valence-corrected chi connectivity index (χ3v) is 5.76. The van der Waals surface area contributed by atoms with Crippen LogP contribution in [0.1, 0.15) is 38.1 Å². The van der Waals surface area contributed by atoms with Crippen LogP contribution in [0.15, 0.2) is 35.7 Å². The van der Waals surface area contributed by atoms with Gasteiger partial charge in [-0.05, 0) is 24.2 Å². The lowest BCUT2D eigenvalue weighted by molar-refractivity contribution is 0.220.